The van der Waals surface area contributed by atoms with Crippen molar-refractivity contribution in [1.82, 2.24) is 4.90 Å². The zero-order valence-electron chi connectivity index (χ0n) is 12.0. The number of rotatable bonds is 6. The van der Waals surface area contributed by atoms with Crippen LogP contribution in [0.5, 0.6) is 0 Å². The number of benzene rings is 1. The van der Waals surface area contributed by atoms with Crippen molar-refractivity contribution in [2.45, 2.75) is 38.3 Å². The number of hydrogen-bond acceptors (Lipinski definition) is 3. The van der Waals surface area contributed by atoms with Gasteiger partial charge in [0.05, 0.1) is 6.54 Å². The summed E-state index contributed by atoms with van der Waals surface area (Å²) in [6, 6.07) is 8.96. The number of hydrogen-bond donors (Lipinski definition) is 2. The molecule has 1 aliphatic rings. The van der Waals surface area contributed by atoms with Crippen LogP contribution in [0, 0.1) is 11.8 Å². The van der Waals surface area contributed by atoms with Gasteiger partial charge in [-0.3, -0.25) is 4.90 Å². The predicted molar refractivity (Wildman–Crippen MR) is 82.1 cm³/mol. The van der Waals surface area contributed by atoms with E-state index in [2.05, 4.69) is 34.9 Å². The third kappa shape index (κ3) is 4.08. The fourth-order valence-electron chi connectivity index (χ4n) is 2.56. The van der Waals surface area contributed by atoms with E-state index in [4.69, 9.17) is 10.8 Å². The Labute approximate surface area is 121 Å². The number of aliphatic hydroxyl groups is 1. The zero-order chi connectivity index (χ0) is 14.2. The molecule has 108 valence electrons. The third-order valence-corrected chi connectivity index (χ3v) is 3.91. The van der Waals surface area contributed by atoms with Crippen molar-refractivity contribution in [1.29, 1.82) is 0 Å². The van der Waals surface area contributed by atoms with Crippen LogP contribution in [0.4, 0.5) is 0 Å². The molecular formula is C17H24N2O. The van der Waals surface area contributed by atoms with Gasteiger partial charge in [0.1, 0.15) is 0 Å². The van der Waals surface area contributed by atoms with Gasteiger partial charge in [0.15, 0.2) is 0 Å². The van der Waals surface area contributed by atoms with E-state index in [0.29, 0.717) is 12.6 Å². The van der Waals surface area contributed by atoms with Crippen LogP contribution in [-0.2, 0) is 6.54 Å². The standard InChI is InChI=1S/C17H24N2O/c18-11-4-8-15-6-1-2-7-16(15)14-19(12-5-13-20)17-9-3-10-17/h1-2,6-7,17,20H,3,5,9-14,18H2. The van der Waals surface area contributed by atoms with Crippen molar-refractivity contribution in [3.05, 3.63) is 35.4 Å². The van der Waals surface area contributed by atoms with E-state index < -0.39 is 0 Å². The van der Waals surface area contributed by atoms with E-state index in [1.165, 1.54) is 24.8 Å². The van der Waals surface area contributed by atoms with E-state index in [1.807, 2.05) is 6.07 Å². The molecule has 2 rings (SSSR count). The molecule has 0 amide bonds. The largest absolute Gasteiger partial charge is 0.396 e. The molecule has 0 bridgehead atoms. The highest BCUT2D eigenvalue weighted by molar-refractivity contribution is 5.41. The molecule has 0 spiro atoms. The van der Waals surface area contributed by atoms with Crippen molar-refractivity contribution in [3.63, 3.8) is 0 Å². The maximum Gasteiger partial charge on any atom is 0.0555 e. The number of nitrogens with zero attached hydrogens (tertiary/aromatic N) is 1. The van der Waals surface area contributed by atoms with Crippen LogP contribution in [0.2, 0.25) is 0 Å². The summed E-state index contributed by atoms with van der Waals surface area (Å²) in [6.07, 6.45) is 4.73. The molecule has 1 aliphatic carbocycles. The molecule has 0 aromatic heterocycles. The Morgan fingerprint density at radius 1 is 1.30 bits per heavy atom. The number of nitrogens with two attached hydrogens (primary N) is 1. The first-order valence-electron chi connectivity index (χ1n) is 7.47. The van der Waals surface area contributed by atoms with Gasteiger partial charge < -0.3 is 10.8 Å². The van der Waals surface area contributed by atoms with Crippen molar-refractivity contribution in [3.8, 4) is 11.8 Å². The first kappa shape index (κ1) is 15.1. The van der Waals surface area contributed by atoms with Crippen molar-refractivity contribution >= 4 is 0 Å². The molecule has 1 saturated carbocycles. The van der Waals surface area contributed by atoms with E-state index in [1.54, 1.807) is 0 Å². The van der Waals surface area contributed by atoms with Crippen molar-refractivity contribution in [2.24, 2.45) is 5.73 Å². The smallest absolute Gasteiger partial charge is 0.0555 e. The van der Waals surface area contributed by atoms with Crippen LogP contribution in [0.1, 0.15) is 36.8 Å². The van der Waals surface area contributed by atoms with Crippen LogP contribution in [-0.4, -0.2) is 35.7 Å². The molecule has 0 radical (unpaired) electrons. The first-order chi connectivity index (χ1) is 9.85. The van der Waals surface area contributed by atoms with Gasteiger partial charge in [-0.1, -0.05) is 36.5 Å². The van der Waals surface area contributed by atoms with E-state index in [9.17, 15) is 0 Å². The second-order valence-corrected chi connectivity index (χ2v) is 5.30. The molecule has 0 aliphatic heterocycles. The molecular weight excluding hydrogens is 248 g/mol. The van der Waals surface area contributed by atoms with Gasteiger partial charge in [-0.2, -0.15) is 0 Å². The normalized spacial score (nSPS) is 14.8. The van der Waals surface area contributed by atoms with E-state index in [0.717, 1.165) is 25.1 Å². The van der Waals surface area contributed by atoms with Gasteiger partial charge >= 0.3 is 0 Å². The Balaban J connectivity index is 2.08. The van der Waals surface area contributed by atoms with Crippen molar-refractivity contribution in [2.75, 3.05) is 19.7 Å². The Hall–Kier alpha value is -1.34. The molecule has 3 nitrogen and oxygen atoms in total. The van der Waals surface area contributed by atoms with E-state index in [-0.39, 0.29) is 6.61 Å². The fraction of sp³-hybridized carbons (Fsp3) is 0.529. The molecule has 0 atom stereocenters. The maximum absolute atomic E-state index is 9.06. The zero-order valence-corrected chi connectivity index (χ0v) is 12.0. The van der Waals surface area contributed by atoms with E-state index >= 15 is 0 Å². The molecule has 0 heterocycles. The lowest BCUT2D eigenvalue weighted by Crippen LogP contribution is -2.40. The lowest BCUT2D eigenvalue weighted by molar-refractivity contribution is 0.109. The molecule has 0 unspecified atom stereocenters. The summed E-state index contributed by atoms with van der Waals surface area (Å²) in [7, 11) is 0. The third-order valence-electron chi connectivity index (χ3n) is 3.91. The summed E-state index contributed by atoms with van der Waals surface area (Å²) in [6.45, 7) is 2.53. The number of aliphatic hydroxyl groups excluding tert-OH is 1. The average molecular weight is 272 g/mol. The van der Waals surface area contributed by atoms with Crippen LogP contribution in [0.15, 0.2) is 24.3 Å². The second-order valence-electron chi connectivity index (χ2n) is 5.30. The summed E-state index contributed by atoms with van der Waals surface area (Å²) in [5.41, 5.74) is 7.80. The molecule has 3 N–H and O–H groups in total. The highest BCUT2D eigenvalue weighted by Gasteiger charge is 2.24. The highest BCUT2D eigenvalue weighted by Crippen LogP contribution is 2.26. The van der Waals surface area contributed by atoms with Gasteiger partial charge in [-0.25, -0.2) is 0 Å². The molecule has 1 aromatic carbocycles. The SMILES string of the molecule is NCC#Cc1ccccc1CN(CCCO)C1CCC1. The highest BCUT2D eigenvalue weighted by atomic mass is 16.3. The van der Waals surface area contributed by atoms with Gasteiger partial charge in [0.2, 0.25) is 0 Å². The molecule has 3 heteroatoms. The van der Waals surface area contributed by atoms with Crippen LogP contribution in [0.25, 0.3) is 0 Å². The minimum atomic E-state index is 0.262. The topological polar surface area (TPSA) is 49.5 Å². The predicted octanol–water partition coefficient (Wildman–Crippen LogP) is 1.73. The Bertz CT molecular complexity index is 471. The average Bonchev–Trinajstić information content (AvgIpc) is 2.42. The quantitative estimate of drug-likeness (QED) is 0.776. The Morgan fingerprint density at radius 2 is 2.10 bits per heavy atom. The lowest BCUT2D eigenvalue weighted by atomic mass is 9.90. The monoisotopic (exact) mass is 272 g/mol. The van der Waals surface area contributed by atoms with Gasteiger partial charge in [-0.15, -0.1) is 0 Å². The maximum atomic E-state index is 9.06. The van der Waals surface area contributed by atoms with Crippen LogP contribution in [0.3, 0.4) is 0 Å². The Morgan fingerprint density at radius 3 is 2.75 bits per heavy atom. The minimum absolute atomic E-state index is 0.262. The summed E-state index contributed by atoms with van der Waals surface area (Å²) < 4.78 is 0. The van der Waals surface area contributed by atoms with Gasteiger partial charge in [0.25, 0.3) is 0 Å². The van der Waals surface area contributed by atoms with Gasteiger partial charge in [0, 0.05) is 31.3 Å². The molecule has 20 heavy (non-hydrogen) atoms. The lowest BCUT2D eigenvalue weighted by Gasteiger charge is -2.37. The molecule has 0 saturated heterocycles. The first-order valence-corrected chi connectivity index (χ1v) is 7.47. The van der Waals surface area contributed by atoms with Crippen LogP contribution < -0.4 is 5.73 Å². The second kappa shape index (κ2) is 8.06. The van der Waals surface area contributed by atoms with Gasteiger partial charge in [-0.05, 0) is 30.9 Å². The minimum Gasteiger partial charge on any atom is -0.396 e. The summed E-state index contributed by atoms with van der Waals surface area (Å²) in [4.78, 5) is 2.49. The summed E-state index contributed by atoms with van der Waals surface area (Å²) in [5.74, 6) is 6.10. The Kier molecular flexibility index (Phi) is 6.07. The molecule has 1 aromatic rings. The summed E-state index contributed by atoms with van der Waals surface area (Å²) >= 11 is 0. The summed E-state index contributed by atoms with van der Waals surface area (Å²) in [5, 5.41) is 9.06. The fourth-order valence-corrected chi connectivity index (χ4v) is 2.56. The molecule has 1 fully saturated rings. The van der Waals surface area contributed by atoms with Crippen molar-refractivity contribution < 1.29 is 5.11 Å². The van der Waals surface area contributed by atoms with Crippen LogP contribution >= 0.6 is 0 Å².